The summed E-state index contributed by atoms with van der Waals surface area (Å²) in [6.45, 7) is 0.333. The Labute approximate surface area is 181 Å². The van der Waals surface area contributed by atoms with Crippen molar-refractivity contribution in [3.05, 3.63) is 62.7 Å². The van der Waals surface area contributed by atoms with Gasteiger partial charge < -0.3 is 15.0 Å². The molecule has 1 aromatic heterocycles. The summed E-state index contributed by atoms with van der Waals surface area (Å²) in [7, 11) is 0. The molecule has 2 N–H and O–H groups in total. The first-order valence-electron chi connectivity index (χ1n) is 9.18. The van der Waals surface area contributed by atoms with E-state index in [1.807, 2.05) is 30.5 Å². The molecule has 0 radical (unpaired) electrons. The number of hydrogen-bond donors (Lipinski definition) is 2. The van der Waals surface area contributed by atoms with Crippen molar-refractivity contribution >= 4 is 63.0 Å². The Bertz CT molecular complexity index is 1200. The highest BCUT2D eigenvalue weighted by molar-refractivity contribution is 6.44. The Kier molecular flexibility index (Phi) is 4.40. The second kappa shape index (κ2) is 6.74. The van der Waals surface area contributed by atoms with Gasteiger partial charge in [-0.05, 0) is 29.3 Å². The van der Waals surface area contributed by atoms with E-state index in [2.05, 4.69) is 4.98 Å². The van der Waals surface area contributed by atoms with Crippen LogP contribution in [0.5, 0.6) is 0 Å². The number of likely N-dealkylation sites (tertiary alicyclic amines) is 1. The van der Waals surface area contributed by atoms with Crippen molar-refractivity contribution in [1.29, 1.82) is 0 Å². The van der Waals surface area contributed by atoms with E-state index >= 15 is 0 Å². The third-order valence-electron chi connectivity index (χ3n) is 5.91. The molecular formula is C21H16Cl3N3O2. The molecule has 1 amide bonds. The first-order chi connectivity index (χ1) is 14.0. The van der Waals surface area contributed by atoms with Crippen molar-refractivity contribution in [1.82, 2.24) is 9.88 Å². The van der Waals surface area contributed by atoms with Crippen LogP contribution in [-0.2, 0) is 10.2 Å². The number of aromatic nitrogens is 1. The second-order valence-electron chi connectivity index (χ2n) is 7.34. The lowest BCUT2D eigenvalue weighted by atomic mass is 9.69. The molecule has 2 aliphatic rings. The van der Waals surface area contributed by atoms with E-state index in [0.717, 1.165) is 27.7 Å². The number of nitrogens with one attached hydrogen (secondary N) is 1. The number of nitrogens with zero attached hydrogens (tertiary/aromatic N) is 2. The average Bonchev–Trinajstić information content (AvgIpc) is 3.29. The molecule has 1 unspecified atom stereocenters. The molecule has 5 nitrogen and oxygen atoms in total. The third kappa shape index (κ3) is 2.65. The Morgan fingerprint density at radius 1 is 1.21 bits per heavy atom. The lowest BCUT2D eigenvalue weighted by Gasteiger charge is -2.41. The zero-order valence-corrected chi connectivity index (χ0v) is 17.4. The van der Waals surface area contributed by atoms with Crippen molar-refractivity contribution in [2.45, 2.75) is 11.8 Å². The van der Waals surface area contributed by atoms with Gasteiger partial charge in [0.2, 0.25) is 5.91 Å². The lowest BCUT2D eigenvalue weighted by Crippen LogP contribution is -2.54. The number of H-pyrrole nitrogens is 1. The fourth-order valence-electron chi connectivity index (χ4n) is 4.58. The molecule has 5 rings (SSSR count). The highest BCUT2D eigenvalue weighted by Gasteiger charge is 2.51. The standard InChI is InChI=1S/C21H16Cl3N3O2/c22-11-1-2-12-14(8-25-16(12)7-11)21-10-27(18(29)9-28)6-5-17(21)26-20-13(21)3-4-15(23)19(20)24/h1-4,7-8,25,28H,5-6,9-10H2. The van der Waals surface area contributed by atoms with Gasteiger partial charge >= 0.3 is 0 Å². The molecular weight excluding hydrogens is 433 g/mol. The van der Waals surface area contributed by atoms with Gasteiger partial charge in [0.15, 0.2) is 0 Å². The van der Waals surface area contributed by atoms with Crippen molar-refractivity contribution in [2.24, 2.45) is 4.99 Å². The van der Waals surface area contributed by atoms with Crippen LogP contribution in [0.4, 0.5) is 5.69 Å². The highest BCUT2D eigenvalue weighted by atomic mass is 35.5. The minimum atomic E-state index is -0.668. The van der Waals surface area contributed by atoms with Gasteiger partial charge in [-0.15, -0.1) is 0 Å². The van der Waals surface area contributed by atoms with Crippen LogP contribution in [-0.4, -0.2) is 46.3 Å². The highest BCUT2D eigenvalue weighted by Crippen LogP contribution is 2.53. The summed E-state index contributed by atoms with van der Waals surface area (Å²) in [5.74, 6) is -0.306. The maximum atomic E-state index is 12.4. The molecule has 29 heavy (non-hydrogen) atoms. The summed E-state index contributed by atoms with van der Waals surface area (Å²) in [5, 5.41) is 11.9. The summed E-state index contributed by atoms with van der Waals surface area (Å²) < 4.78 is 0. The Morgan fingerprint density at radius 2 is 2.03 bits per heavy atom. The Balaban J connectivity index is 1.80. The van der Waals surface area contributed by atoms with Crippen molar-refractivity contribution < 1.29 is 9.90 Å². The molecule has 2 aliphatic heterocycles. The van der Waals surface area contributed by atoms with Gasteiger partial charge in [-0.3, -0.25) is 9.79 Å². The van der Waals surface area contributed by atoms with Gasteiger partial charge in [-0.2, -0.15) is 0 Å². The zero-order chi connectivity index (χ0) is 20.3. The van der Waals surface area contributed by atoms with Gasteiger partial charge in [0.05, 0.1) is 21.1 Å². The number of aliphatic imine (C=N–C) groups is 1. The first kappa shape index (κ1) is 18.9. The largest absolute Gasteiger partial charge is 0.387 e. The number of aliphatic hydroxyl groups excluding tert-OH is 1. The number of aliphatic hydroxyl groups is 1. The summed E-state index contributed by atoms with van der Waals surface area (Å²) in [5.41, 5.74) is 3.73. The topological polar surface area (TPSA) is 68.7 Å². The maximum Gasteiger partial charge on any atom is 0.248 e. The number of aromatic amines is 1. The summed E-state index contributed by atoms with van der Waals surface area (Å²) in [6, 6.07) is 9.39. The van der Waals surface area contributed by atoms with E-state index in [4.69, 9.17) is 39.8 Å². The van der Waals surface area contributed by atoms with Crippen LogP contribution in [0.2, 0.25) is 15.1 Å². The van der Waals surface area contributed by atoms with Gasteiger partial charge in [-0.1, -0.05) is 46.9 Å². The zero-order valence-electron chi connectivity index (χ0n) is 15.2. The SMILES string of the molecule is O=C(CO)N1CCC2=Nc3c(ccc(Cl)c3Cl)C2(c2c[nH]c3cc(Cl)ccc23)C1. The molecule has 0 bridgehead atoms. The number of halogens is 3. The average molecular weight is 449 g/mol. The summed E-state index contributed by atoms with van der Waals surface area (Å²) in [4.78, 5) is 22.2. The van der Waals surface area contributed by atoms with Crippen LogP contribution in [0.1, 0.15) is 17.5 Å². The quantitative estimate of drug-likeness (QED) is 0.595. The Morgan fingerprint density at radius 3 is 2.83 bits per heavy atom. The number of carbonyl (C=O) groups is 1. The van der Waals surface area contributed by atoms with E-state index < -0.39 is 12.0 Å². The number of piperidine rings is 1. The number of benzene rings is 2. The molecule has 0 saturated carbocycles. The van der Waals surface area contributed by atoms with E-state index in [9.17, 15) is 9.90 Å². The number of fused-ring (bicyclic) bond motifs is 4. The lowest BCUT2D eigenvalue weighted by molar-refractivity contribution is -0.134. The molecule has 0 aliphatic carbocycles. The van der Waals surface area contributed by atoms with Crippen molar-refractivity contribution in [3.8, 4) is 0 Å². The molecule has 2 aromatic carbocycles. The van der Waals surface area contributed by atoms with Crippen LogP contribution in [0.15, 0.2) is 41.5 Å². The molecule has 0 spiro atoms. The monoisotopic (exact) mass is 447 g/mol. The van der Waals surface area contributed by atoms with Crippen molar-refractivity contribution in [2.75, 3.05) is 19.7 Å². The number of amides is 1. The number of rotatable bonds is 2. The smallest absolute Gasteiger partial charge is 0.248 e. The van der Waals surface area contributed by atoms with Crippen molar-refractivity contribution in [3.63, 3.8) is 0 Å². The van der Waals surface area contributed by atoms with E-state index in [1.165, 1.54) is 0 Å². The maximum absolute atomic E-state index is 12.4. The number of hydrogen-bond acceptors (Lipinski definition) is 3. The Hall–Kier alpha value is -2.05. The van der Waals surface area contributed by atoms with Crippen LogP contribution < -0.4 is 0 Å². The molecule has 1 atom stereocenters. The molecule has 8 heteroatoms. The minimum absolute atomic E-state index is 0.306. The molecule has 1 fully saturated rings. The van der Waals surface area contributed by atoms with Crippen LogP contribution in [0.3, 0.4) is 0 Å². The first-order valence-corrected chi connectivity index (χ1v) is 10.3. The summed E-state index contributed by atoms with van der Waals surface area (Å²) >= 11 is 18.9. The third-order valence-corrected chi connectivity index (χ3v) is 6.94. The summed E-state index contributed by atoms with van der Waals surface area (Å²) in [6.07, 6.45) is 2.52. The fraction of sp³-hybridized carbons (Fsp3) is 0.238. The fourth-order valence-corrected chi connectivity index (χ4v) is 5.11. The van der Waals surface area contributed by atoms with Crippen LogP contribution in [0.25, 0.3) is 10.9 Å². The van der Waals surface area contributed by atoms with Gasteiger partial charge in [0.25, 0.3) is 0 Å². The van der Waals surface area contributed by atoms with Gasteiger partial charge in [0.1, 0.15) is 6.61 Å². The normalized spacial score (nSPS) is 20.6. The predicted molar refractivity (Wildman–Crippen MR) is 116 cm³/mol. The number of carbonyl (C=O) groups excluding carboxylic acids is 1. The molecule has 3 heterocycles. The molecule has 3 aromatic rings. The van der Waals surface area contributed by atoms with E-state index in [1.54, 1.807) is 11.0 Å². The minimum Gasteiger partial charge on any atom is -0.387 e. The van der Waals surface area contributed by atoms with E-state index in [-0.39, 0.29) is 5.91 Å². The van der Waals surface area contributed by atoms with E-state index in [0.29, 0.717) is 40.3 Å². The molecule has 148 valence electrons. The predicted octanol–water partition coefficient (Wildman–Crippen LogP) is 4.72. The van der Waals surface area contributed by atoms with Gasteiger partial charge in [0, 0.05) is 47.3 Å². The molecule has 1 saturated heterocycles. The van der Waals surface area contributed by atoms with Crippen LogP contribution >= 0.6 is 34.8 Å². The second-order valence-corrected chi connectivity index (χ2v) is 8.56. The van der Waals surface area contributed by atoms with Crippen LogP contribution in [0, 0.1) is 0 Å². The van der Waals surface area contributed by atoms with Gasteiger partial charge in [-0.25, -0.2) is 0 Å².